The fourth-order valence-electron chi connectivity index (χ4n) is 2.78. The van der Waals surface area contributed by atoms with Gasteiger partial charge in [0.25, 0.3) is 0 Å². The summed E-state index contributed by atoms with van der Waals surface area (Å²) < 4.78 is 5.40. The smallest absolute Gasteiger partial charge is 0.308 e. The van der Waals surface area contributed by atoms with E-state index in [0.29, 0.717) is 5.75 Å². The van der Waals surface area contributed by atoms with Crippen molar-refractivity contribution in [3.8, 4) is 5.75 Å². The van der Waals surface area contributed by atoms with E-state index in [2.05, 4.69) is 38.3 Å². The number of aryl methyl sites for hydroxylation is 1. The molecule has 0 aromatic heterocycles. The molecule has 0 aliphatic rings. The fourth-order valence-corrected chi connectivity index (χ4v) is 4.12. The zero-order valence-electron chi connectivity index (χ0n) is 16.0. The highest BCUT2D eigenvalue weighted by Gasteiger charge is 2.16. The van der Waals surface area contributed by atoms with Crippen LogP contribution in [0.3, 0.4) is 0 Å². The first-order chi connectivity index (χ1) is 12.2. The number of esters is 1. The van der Waals surface area contributed by atoms with E-state index < -0.39 is 8.07 Å². The summed E-state index contributed by atoms with van der Waals surface area (Å²) in [6.07, 6.45) is 1.67. The second-order valence-corrected chi connectivity index (χ2v) is 14.0. The standard InChI is InChI=1S/C21H28O3SSi/c1-15(23)24-20-8-6-16(11-18(20)9-10-26(2,3)4)12-19-7-5-17(14-22)13-21(19)25/h5-8,11,13,22,25H,9-10,12,14H2,1-4H3. The Morgan fingerprint density at radius 2 is 1.77 bits per heavy atom. The zero-order chi connectivity index (χ0) is 19.3. The molecule has 0 spiro atoms. The third-order valence-corrected chi connectivity index (χ3v) is 6.42. The van der Waals surface area contributed by atoms with Gasteiger partial charge in [-0.25, -0.2) is 0 Å². The molecular weight excluding hydrogens is 360 g/mol. The zero-order valence-corrected chi connectivity index (χ0v) is 17.9. The van der Waals surface area contributed by atoms with Crippen LogP contribution in [-0.4, -0.2) is 19.1 Å². The van der Waals surface area contributed by atoms with Crippen LogP contribution in [0.4, 0.5) is 0 Å². The summed E-state index contributed by atoms with van der Waals surface area (Å²) in [5.74, 6) is 0.380. The molecule has 0 fully saturated rings. The van der Waals surface area contributed by atoms with Crippen molar-refractivity contribution in [2.24, 2.45) is 0 Å². The minimum absolute atomic E-state index is 0.0196. The van der Waals surface area contributed by atoms with Gasteiger partial charge in [0, 0.05) is 19.9 Å². The van der Waals surface area contributed by atoms with Crippen molar-refractivity contribution in [3.05, 3.63) is 58.7 Å². The highest BCUT2D eigenvalue weighted by Crippen LogP contribution is 2.27. The van der Waals surface area contributed by atoms with Crippen molar-refractivity contribution in [3.63, 3.8) is 0 Å². The SMILES string of the molecule is CC(=O)Oc1ccc(Cc2ccc(CO)cc2S)cc1CC[Si](C)(C)C. The van der Waals surface area contributed by atoms with E-state index in [9.17, 15) is 9.90 Å². The maximum Gasteiger partial charge on any atom is 0.308 e. The Bertz CT molecular complexity index is 781. The monoisotopic (exact) mass is 388 g/mol. The Hall–Kier alpha value is -1.56. The number of carbonyl (C=O) groups excluding carboxylic acids is 1. The van der Waals surface area contributed by atoms with Crippen LogP contribution < -0.4 is 4.74 Å². The van der Waals surface area contributed by atoms with Gasteiger partial charge >= 0.3 is 5.97 Å². The predicted octanol–water partition coefficient (Wildman–Crippen LogP) is 4.86. The van der Waals surface area contributed by atoms with E-state index in [1.807, 2.05) is 30.3 Å². The molecule has 140 valence electrons. The lowest BCUT2D eigenvalue weighted by molar-refractivity contribution is -0.131. The normalized spacial score (nSPS) is 11.5. The van der Waals surface area contributed by atoms with Gasteiger partial charge in [-0.05, 0) is 47.2 Å². The van der Waals surface area contributed by atoms with Crippen LogP contribution in [0.1, 0.15) is 29.2 Å². The van der Waals surface area contributed by atoms with E-state index >= 15 is 0 Å². The van der Waals surface area contributed by atoms with Crippen LogP contribution in [0.5, 0.6) is 5.75 Å². The highest BCUT2D eigenvalue weighted by molar-refractivity contribution is 7.80. The third-order valence-electron chi connectivity index (χ3n) is 4.25. The van der Waals surface area contributed by atoms with Crippen LogP contribution in [0, 0.1) is 0 Å². The number of hydrogen-bond donors (Lipinski definition) is 2. The van der Waals surface area contributed by atoms with Crippen molar-refractivity contribution < 1.29 is 14.6 Å². The Morgan fingerprint density at radius 1 is 1.08 bits per heavy atom. The highest BCUT2D eigenvalue weighted by atomic mass is 32.1. The molecule has 2 aromatic carbocycles. The summed E-state index contributed by atoms with van der Waals surface area (Å²) >= 11 is 4.55. The number of benzene rings is 2. The average Bonchev–Trinajstić information content (AvgIpc) is 2.55. The molecule has 0 atom stereocenters. The van der Waals surface area contributed by atoms with Crippen LogP contribution in [0.25, 0.3) is 0 Å². The maximum absolute atomic E-state index is 11.4. The minimum atomic E-state index is -1.19. The molecule has 3 nitrogen and oxygen atoms in total. The van der Waals surface area contributed by atoms with Crippen LogP contribution in [0.2, 0.25) is 25.7 Å². The molecule has 1 N–H and O–H groups in total. The van der Waals surface area contributed by atoms with E-state index in [1.165, 1.54) is 12.5 Å². The van der Waals surface area contributed by atoms with E-state index in [0.717, 1.165) is 40.5 Å². The molecule has 0 saturated carbocycles. The van der Waals surface area contributed by atoms with E-state index in [1.54, 1.807) is 0 Å². The summed E-state index contributed by atoms with van der Waals surface area (Å²) in [6.45, 7) is 8.49. The molecule has 0 amide bonds. The largest absolute Gasteiger partial charge is 0.426 e. The minimum Gasteiger partial charge on any atom is -0.426 e. The van der Waals surface area contributed by atoms with Crippen LogP contribution in [-0.2, 0) is 24.2 Å². The first kappa shape index (κ1) is 20.7. The maximum atomic E-state index is 11.4. The van der Waals surface area contributed by atoms with Gasteiger partial charge in [-0.15, -0.1) is 12.6 Å². The fraction of sp³-hybridized carbons (Fsp3) is 0.381. The molecular formula is C21H28O3SSi. The molecule has 2 aromatic rings. The lowest BCUT2D eigenvalue weighted by Crippen LogP contribution is -2.20. The van der Waals surface area contributed by atoms with Crippen molar-refractivity contribution in [2.45, 2.75) is 57.0 Å². The molecule has 0 unspecified atom stereocenters. The van der Waals surface area contributed by atoms with E-state index in [-0.39, 0.29) is 12.6 Å². The Kier molecular flexibility index (Phi) is 7.09. The van der Waals surface area contributed by atoms with E-state index in [4.69, 9.17) is 4.74 Å². The Labute approximate surface area is 162 Å². The van der Waals surface area contributed by atoms with Gasteiger partial charge in [0.15, 0.2) is 0 Å². The summed E-state index contributed by atoms with van der Waals surface area (Å²) in [7, 11) is -1.19. The van der Waals surface area contributed by atoms with Gasteiger partial charge < -0.3 is 9.84 Å². The summed E-state index contributed by atoms with van der Waals surface area (Å²) in [5.41, 5.74) is 4.23. The first-order valence-electron chi connectivity index (χ1n) is 8.90. The number of ether oxygens (including phenoxy) is 1. The number of aliphatic hydroxyl groups excluding tert-OH is 1. The second kappa shape index (κ2) is 8.89. The van der Waals surface area contributed by atoms with Gasteiger partial charge in [0.05, 0.1) is 6.61 Å². The quantitative estimate of drug-likeness (QED) is 0.308. The van der Waals surface area contributed by atoms with Crippen LogP contribution >= 0.6 is 12.6 Å². The first-order valence-corrected chi connectivity index (χ1v) is 13.1. The molecule has 2 rings (SSSR count). The van der Waals surface area contributed by atoms with Gasteiger partial charge in [0.2, 0.25) is 0 Å². The molecule has 0 aliphatic heterocycles. The number of hydrogen-bond acceptors (Lipinski definition) is 4. The number of carbonyl (C=O) groups is 1. The Balaban J connectivity index is 2.27. The predicted molar refractivity (Wildman–Crippen MR) is 112 cm³/mol. The lowest BCUT2D eigenvalue weighted by Gasteiger charge is -2.18. The summed E-state index contributed by atoms with van der Waals surface area (Å²) in [6, 6.07) is 13.0. The van der Waals surface area contributed by atoms with Crippen molar-refractivity contribution in [1.82, 2.24) is 0 Å². The van der Waals surface area contributed by atoms with Gasteiger partial charge in [0.1, 0.15) is 5.75 Å². The lowest BCUT2D eigenvalue weighted by atomic mass is 10.00. The number of thiol groups is 1. The molecule has 0 aliphatic carbocycles. The van der Waals surface area contributed by atoms with Crippen LogP contribution in [0.15, 0.2) is 41.3 Å². The second-order valence-electron chi connectivity index (χ2n) is 7.89. The summed E-state index contributed by atoms with van der Waals surface area (Å²) in [5, 5.41) is 9.23. The molecule has 26 heavy (non-hydrogen) atoms. The molecule has 0 saturated heterocycles. The number of aliphatic hydroxyl groups is 1. The Morgan fingerprint density at radius 3 is 2.35 bits per heavy atom. The molecule has 0 bridgehead atoms. The third kappa shape index (κ3) is 6.31. The average molecular weight is 389 g/mol. The van der Waals surface area contributed by atoms with Crippen molar-refractivity contribution in [1.29, 1.82) is 0 Å². The molecule has 0 heterocycles. The van der Waals surface area contributed by atoms with Crippen molar-refractivity contribution >= 4 is 26.7 Å². The molecule has 5 heteroatoms. The number of rotatable bonds is 7. The molecule has 0 radical (unpaired) electrons. The van der Waals surface area contributed by atoms with Gasteiger partial charge in [-0.2, -0.15) is 0 Å². The topological polar surface area (TPSA) is 46.5 Å². The summed E-state index contributed by atoms with van der Waals surface area (Å²) in [4.78, 5) is 12.3. The van der Waals surface area contributed by atoms with Gasteiger partial charge in [-0.3, -0.25) is 4.79 Å². The van der Waals surface area contributed by atoms with Crippen molar-refractivity contribution in [2.75, 3.05) is 0 Å². The van der Waals surface area contributed by atoms with Gasteiger partial charge in [-0.1, -0.05) is 50.0 Å².